The molecule has 0 aliphatic heterocycles. The number of para-hydroxylation sites is 2. The Balaban J connectivity index is 1.78. The second-order valence-corrected chi connectivity index (χ2v) is 8.58. The van der Waals surface area contributed by atoms with Gasteiger partial charge in [0.05, 0.1) is 31.4 Å². The molecule has 9 heteroatoms. The molecule has 1 amide bonds. The standard InChI is InChI=1S/C22H21ClN2O5S/c1-29-17-10-7-15(8-11-17)13-22(26)24-16-9-12-18(23)21(14-16)31(27,28)25-19-5-3-4-6-20(19)30-2/h3-12,14,25H,13H2,1-2H3,(H,24,26). The summed E-state index contributed by atoms with van der Waals surface area (Å²) in [6, 6.07) is 18.0. The van der Waals surface area contributed by atoms with E-state index in [1.807, 2.05) is 0 Å². The highest BCUT2D eigenvalue weighted by Crippen LogP contribution is 2.30. The van der Waals surface area contributed by atoms with Crippen LogP contribution in [0.1, 0.15) is 5.56 Å². The molecule has 7 nitrogen and oxygen atoms in total. The molecule has 0 aliphatic rings. The Bertz CT molecular complexity index is 1180. The maximum Gasteiger partial charge on any atom is 0.263 e. The summed E-state index contributed by atoms with van der Waals surface area (Å²) < 4.78 is 38.6. The number of hydrogen-bond donors (Lipinski definition) is 2. The van der Waals surface area contributed by atoms with E-state index in [1.165, 1.54) is 25.3 Å². The smallest absolute Gasteiger partial charge is 0.263 e. The van der Waals surface area contributed by atoms with Gasteiger partial charge in [0.1, 0.15) is 16.4 Å². The van der Waals surface area contributed by atoms with E-state index in [-0.39, 0.29) is 27.9 Å². The van der Waals surface area contributed by atoms with Crippen molar-refractivity contribution in [1.29, 1.82) is 0 Å². The van der Waals surface area contributed by atoms with Crippen molar-refractivity contribution in [3.8, 4) is 11.5 Å². The second kappa shape index (κ2) is 9.72. The van der Waals surface area contributed by atoms with Gasteiger partial charge in [-0.05, 0) is 48.0 Å². The van der Waals surface area contributed by atoms with Gasteiger partial charge in [-0.3, -0.25) is 9.52 Å². The average molecular weight is 461 g/mol. The largest absolute Gasteiger partial charge is 0.497 e. The highest BCUT2D eigenvalue weighted by Gasteiger charge is 2.21. The van der Waals surface area contributed by atoms with Gasteiger partial charge in [0.25, 0.3) is 10.0 Å². The Morgan fingerprint density at radius 3 is 2.35 bits per heavy atom. The van der Waals surface area contributed by atoms with E-state index in [0.29, 0.717) is 17.2 Å². The first-order valence-corrected chi connectivity index (χ1v) is 11.1. The minimum Gasteiger partial charge on any atom is -0.497 e. The van der Waals surface area contributed by atoms with Crippen LogP contribution >= 0.6 is 11.6 Å². The number of halogens is 1. The van der Waals surface area contributed by atoms with Crippen molar-refractivity contribution < 1.29 is 22.7 Å². The molecule has 31 heavy (non-hydrogen) atoms. The molecular formula is C22H21ClN2O5S. The lowest BCUT2D eigenvalue weighted by Crippen LogP contribution is -2.17. The van der Waals surface area contributed by atoms with Gasteiger partial charge in [-0.25, -0.2) is 8.42 Å². The zero-order chi connectivity index (χ0) is 22.4. The third-order valence-electron chi connectivity index (χ3n) is 4.38. The van der Waals surface area contributed by atoms with E-state index in [9.17, 15) is 13.2 Å². The van der Waals surface area contributed by atoms with Crippen LogP contribution in [0.3, 0.4) is 0 Å². The molecule has 0 aromatic heterocycles. The highest BCUT2D eigenvalue weighted by atomic mass is 35.5. The molecule has 0 saturated heterocycles. The summed E-state index contributed by atoms with van der Waals surface area (Å²) >= 11 is 6.14. The van der Waals surface area contributed by atoms with Crippen molar-refractivity contribution in [3.05, 3.63) is 77.3 Å². The van der Waals surface area contributed by atoms with E-state index in [2.05, 4.69) is 10.0 Å². The molecule has 2 N–H and O–H groups in total. The fraction of sp³-hybridized carbons (Fsp3) is 0.136. The summed E-state index contributed by atoms with van der Waals surface area (Å²) in [5.41, 5.74) is 1.37. The van der Waals surface area contributed by atoms with E-state index in [1.54, 1.807) is 55.6 Å². The Hall–Kier alpha value is -3.23. The fourth-order valence-corrected chi connectivity index (χ4v) is 4.45. The van der Waals surface area contributed by atoms with E-state index in [0.717, 1.165) is 5.56 Å². The number of rotatable bonds is 8. The van der Waals surface area contributed by atoms with Gasteiger partial charge in [-0.2, -0.15) is 0 Å². The molecule has 3 aromatic rings. The number of benzene rings is 3. The fourth-order valence-electron chi connectivity index (χ4n) is 2.85. The average Bonchev–Trinajstić information content (AvgIpc) is 2.75. The third kappa shape index (κ3) is 5.68. The molecule has 0 atom stereocenters. The van der Waals surface area contributed by atoms with Crippen LogP contribution in [-0.2, 0) is 21.2 Å². The molecule has 0 aliphatic carbocycles. The van der Waals surface area contributed by atoms with Crippen LogP contribution in [0.5, 0.6) is 11.5 Å². The quantitative estimate of drug-likeness (QED) is 0.521. The number of ether oxygens (including phenoxy) is 2. The number of carbonyl (C=O) groups excluding carboxylic acids is 1. The zero-order valence-electron chi connectivity index (χ0n) is 16.9. The SMILES string of the molecule is COc1ccc(CC(=O)Nc2ccc(Cl)c(S(=O)(=O)Nc3ccccc3OC)c2)cc1. The summed E-state index contributed by atoms with van der Waals surface area (Å²) in [5, 5.41) is 2.72. The lowest BCUT2D eigenvalue weighted by Gasteiger charge is -2.14. The molecule has 0 bridgehead atoms. The van der Waals surface area contributed by atoms with Crippen LogP contribution < -0.4 is 19.5 Å². The predicted octanol–water partition coefficient (Wildman–Crippen LogP) is 4.34. The topological polar surface area (TPSA) is 93.7 Å². The molecule has 3 rings (SSSR count). The van der Waals surface area contributed by atoms with Crippen LogP contribution in [0.2, 0.25) is 5.02 Å². The maximum absolute atomic E-state index is 12.9. The van der Waals surface area contributed by atoms with Gasteiger partial charge < -0.3 is 14.8 Å². The lowest BCUT2D eigenvalue weighted by atomic mass is 10.1. The highest BCUT2D eigenvalue weighted by molar-refractivity contribution is 7.92. The molecule has 0 spiro atoms. The van der Waals surface area contributed by atoms with Crippen LogP contribution in [0.15, 0.2) is 71.6 Å². The van der Waals surface area contributed by atoms with Gasteiger partial charge in [0, 0.05) is 5.69 Å². The number of nitrogens with one attached hydrogen (secondary N) is 2. The first-order valence-electron chi connectivity index (χ1n) is 9.20. The van der Waals surface area contributed by atoms with Gasteiger partial charge >= 0.3 is 0 Å². The first kappa shape index (κ1) is 22.5. The van der Waals surface area contributed by atoms with Crippen LogP contribution in [0.4, 0.5) is 11.4 Å². The Kier molecular flexibility index (Phi) is 7.04. The van der Waals surface area contributed by atoms with Crippen molar-refractivity contribution in [2.24, 2.45) is 0 Å². The minimum atomic E-state index is -4.03. The van der Waals surface area contributed by atoms with Crippen LogP contribution in [0, 0.1) is 0 Å². The predicted molar refractivity (Wildman–Crippen MR) is 121 cm³/mol. The first-order chi connectivity index (χ1) is 14.8. The van der Waals surface area contributed by atoms with E-state index in [4.69, 9.17) is 21.1 Å². The van der Waals surface area contributed by atoms with Crippen LogP contribution in [-0.4, -0.2) is 28.5 Å². The van der Waals surface area contributed by atoms with Crippen molar-refractivity contribution >= 4 is 38.9 Å². The van der Waals surface area contributed by atoms with Crippen molar-refractivity contribution in [2.75, 3.05) is 24.3 Å². The van der Waals surface area contributed by atoms with Gasteiger partial charge in [-0.15, -0.1) is 0 Å². The Labute approximate surface area is 186 Å². The van der Waals surface area contributed by atoms with Gasteiger partial charge in [0.15, 0.2) is 0 Å². The minimum absolute atomic E-state index is 0.0237. The molecule has 0 heterocycles. The Morgan fingerprint density at radius 2 is 1.68 bits per heavy atom. The Morgan fingerprint density at radius 1 is 0.968 bits per heavy atom. The normalized spacial score (nSPS) is 10.9. The van der Waals surface area contributed by atoms with Crippen molar-refractivity contribution in [2.45, 2.75) is 11.3 Å². The second-order valence-electron chi connectivity index (χ2n) is 6.52. The van der Waals surface area contributed by atoms with E-state index >= 15 is 0 Å². The van der Waals surface area contributed by atoms with Gasteiger partial charge in [-0.1, -0.05) is 35.9 Å². The zero-order valence-corrected chi connectivity index (χ0v) is 18.5. The molecule has 0 unspecified atom stereocenters. The molecule has 162 valence electrons. The molecule has 3 aromatic carbocycles. The third-order valence-corrected chi connectivity index (χ3v) is 6.23. The number of carbonyl (C=O) groups is 1. The van der Waals surface area contributed by atoms with Crippen molar-refractivity contribution in [3.63, 3.8) is 0 Å². The number of amides is 1. The molecule has 0 radical (unpaired) electrons. The maximum atomic E-state index is 12.9. The molecule has 0 saturated carbocycles. The lowest BCUT2D eigenvalue weighted by molar-refractivity contribution is -0.115. The van der Waals surface area contributed by atoms with Gasteiger partial charge in [0.2, 0.25) is 5.91 Å². The number of sulfonamides is 1. The summed E-state index contributed by atoms with van der Waals surface area (Å²) in [6.45, 7) is 0. The van der Waals surface area contributed by atoms with E-state index < -0.39 is 10.0 Å². The number of hydrogen-bond acceptors (Lipinski definition) is 5. The molecular weight excluding hydrogens is 440 g/mol. The summed E-state index contributed by atoms with van der Waals surface area (Å²) in [7, 11) is -1.02. The summed E-state index contributed by atoms with van der Waals surface area (Å²) in [5.74, 6) is 0.763. The van der Waals surface area contributed by atoms with Crippen LogP contribution in [0.25, 0.3) is 0 Å². The molecule has 0 fully saturated rings. The monoisotopic (exact) mass is 460 g/mol. The van der Waals surface area contributed by atoms with Crippen molar-refractivity contribution in [1.82, 2.24) is 0 Å². The summed E-state index contributed by atoms with van der Waals surface area (Å²) in [6.07, 6.45) is 0.119. The number of anilines is 2. The summed E-state index contributed by atoms with van der Waals surface area (Å²) in [4.78, 5) is 12.2. The number of methoxy groups -OCH3 is 2.